The number of anilines is 1. The molecule has 1 aliphatic heterocycles. The third-order valence-corrected chi connectivity index (χ3v) is 7.68. The molecule has 0 radical (unpaired) electrons. The van der Waals surface area contributed by atoms with Gasteiger partial charge in [-0.15, -0.1) is 0 Å². The van der Waals surface area contributed by atoms with Crippen molar-refractivity contribution in [3.8, 4) is 5.75 Å². The molecule has 3 aromatic rings. The van der Waals surface area contributed by atoms with Crippen LogP contribution in [0.25, 0.3) is 0 Å². The minimum absolute atomic E-state index is 0.109. The summed E-state index contributed by atoms with van der Waals surface area (Å²) in [6.45, 7) is 2.14. The third kappa shape index (κ3) is 2.05. The van der Waals surface area contributed by atoms with Gasteiger partial charge in [0.1, 0.15) is 5.75 Å². The van der Waals surface area contributed by atoms with Crippen LogP contribution in [0.5, 0.6) is 5.75 Å². The lowest BCUT2D eigenvalue weighted by Crippen LogP contribution is -2.53. The van der Waals surface area contributed by atoms with E-state index in [1.807, 2.05) is 36.4 Å². The smallest absolute Gasteiger partial charge is 0.239 e. The van der Waals surface area contributed by atoms with Crippen LogP contribution in [0, 0.1) is 11.8 Å². The summed E-state index contributed by atoms with van der Waals surface area (Å²) >= 11 is 0. The van der Waals surface area contributed by atoms with Gasteiger partial charge in [0.15, 0.2) is 0 Å². The Balaban J connectivity index is 1.64. The quantitative estimate of drug-likeness (QED) is 0.592. The highest BCUT2D eigenvalue weighted by atomic mass is 16.5. The molecule has 4 nitrogen and oxygen atoms in total. The van der Waals surface area contributed by atoms with Crippen LogP contribution in [-0.4, -0.2) is 18.9 Å². The Morgan fingerprint density at radius 3 is 2.03 bits per heavy atom. The van der Waals surface area contributed by atoms with Gasteiger partial charge in [-0.2, -0.15) is 0 Å². The summed E-state index contributed by atoms with van der Waals surface area (Å²) in [6.07, 6.45) is 0.758. The molecular weight excluding hydrogens is 386 g/mol. The lowest BCUT2D eigenvalue weighted by Gasteiger charge is -2.54. The molecule has 1 fully saturated rings. The van der Waals surface area contributed by atoms with Crippen molar-refractivity contribution < 1.29 is 14.3 Å². The molecule has 7 rings (SSSR count). The minimum Gasteiger partial charge on any atom is -0.495 e. The van der Waals surface area contributed by atoms with E-state index in [0.29, 0.717) is 11.4 Å². The van der Waals surface area contributed by atoms with Gasteiger partial charge in [-0.05, 0) is 40.8 Å². The number of hydrogen-bond donors (Lipinski definition) is 0. The van der Waals surface area contributed by atoms with Gasteiger partial charge < -0.3 is 4.74 Å². The second-order valence-electron chi connectivity index (χ2n) is 8.66. The fourth-order valence-corrected chi connectivity index (χ4v) is 6.58. The normalized spacial score (nSPS) is 27.7. The van der Waals surface area contributed by atoms with Crippen molar-refractivity contribution in [2.24, 2.45) is 11.8 Å². The summed E-state index contributed by atoms with van der Waals surface area (Å²) in [5.41, 5.74) is 4.81. The lowest BCUT2D eigenvalue weighted by molar-refractivity contribution is -0.123. The SMILES string of the molecule is CCC12c3ccccc3C(c3ccccc31)[C@@H]1C(=O)N(c3ccccc3OC)C(=O)[C@H]12. The first kappa shape index (κ1) is 18.4. The van der Waals surface area contributed by atoms with E-state index in [1.165, 1.54) is 27.2 Å². The summed E-state index contributed by atoms with van der Waals surface area (Å²) in [5, 5.41) is 0. The fourth-order valence-electron chi connectivity index (χ4n) is 6.58. The number of carbonyl (C=O) groups is 2. The first-order valence-electron chi connectivity index (χ1n) is 10.8. The number of benzene rings is 3. The van der Waals surface area contributed by atoms with E-state index in [0.717, 1.165) is 6.42 Å². The van der Waals surface area contributed by atoms with Crippen LogP contribution >= 0.6 is 0 Å². The van der Waals surface area contributed by atoms with Gasteiger partial charge in [0.05, 0.1) is 24.6 Å². The fraction of sp³-hybridized carbons (Fsp3) is 0.259. The molecule has 0 N–H and O–H groups in total. The molecular formula is C27H23NO3. The van der Waals surface area contributed by atoms with Crippen LogP contribution in [0.2, 0.25) is 0 Å². The predicted molar refractivity (Wildman–Crippen MR) is 118 cm³/mol. The summed E-state index contributed by atoms with van der Waals surface area (Å²) in [4.78, 5) is 29.4. The number of rotatable bonds is 3. The van der Waals surface area contributed by atoms with Crippen molar-refractivity contribution in [1.29, 1.82) is 0 Å². The molecule has 2 amide bonds. The first-order chi connectivity index (χ1) is 15.1. The topological polar surface area (TPSA) is 46.6 Å². The number of nitrogens with zero attached hydrogens (tertiary/aromatic N) is 1. The van der Waals surface area contributed by atoms with E-state index in [9.17, 15) is 9.59 Å². The molecule has 31 heavy (non-hydrogen) atoms. The zero-order valence-corrected chi connectivity index (χ0v) is 17.5. The maximum atomic E-state index is 14.0. The Hall–Kier alpha value is -3.40. The average molecular weight is 409 g/mol. The number of methoxy groups -OCH3 is 1. The van der Waals surface area contributed by atoms with Crippen LogP contribution in [0.3, 0.4) is 0 Å². The van der Waals surface area contributed by atoms with Gasteiger partial charge in [-0.3, -0.25) is 9.59 Å². The number of hydrogen-bond acceptors (Lipinski definition) is 3. The van der Waals surface area contributed by atoms with Crippen LogP contribution in [0.4, 0.5) is 5.69 Å². The van der Waals surface area contributed by atoms with Gasteiger partial charge in [-0.25, -0.2) is 4.90 Å². The minimum atomic E-state index is -0.504. The largest absolute Gasteiger partial charge is 0.495 e. The monoisotopic (exact) mass is 409 g/mol. The maximum absolute atomic E-state index is 14.0. The zero-order valence-electron chi connectivity index (χ0n) is 17.5. The Morgan fingerprint density at radius 1 is 0.839 bits per heavy atom. The second-order valence-corrected chi connectivity index (χ2v) is 8.66. The Kier molecular flexibility index (Phi) is 3.73. The lowest BCUT2D eigenvalue weighted by atomic mass is 9.46. The highest BCUT2D eigenvalue weighted by Crippen LogP contribution is 2.65. The number of carbonyl (C=O) groups excluding carboxylic acids is 2. The summed E-state index contributed by atoms with van der Waals surface area (Å²) in [7, 11) is 1.57. The van der Waals surface area contributed by atoms with Crippen molar-refractivity contribution >= 4 is 17.5 Å². The number of ether oxygens (including phenoxy) is 1. The van der Waals surface area contributed by atoms with Gasteiger partial charge in [0, 0.05) is 11.3 Å². The standard InChI is InChI=1S/C27H23NO3/c1-3-27-18-12-6-4-10-16(18)22(17-11-5-7-13-19(17)27)23-24(27)26(30)28(25(23)29)20-14-8-9-15-21(20)31-2/h4-15,22-24H,3H2,1-2H3/t22?,23-,24-,27?/m0/s1. The molecule has 1 saturated heterocycles. The van der Waals surface area contributed by atoms with Crippen molar-refractivity contribution in [3.05, 3.63) is 95.1 Å². The van der Waals surface area contributed by atoms with Crippen LogP contribution in [-0.2, 0) is 15.0 Å². The van der Waals surface area contributed by atoms with Gasteiger partial charge in [-0.1, -0.05) is 67.6 Å². The number of para-hydroxylation sites is 2. The van der Waals surface area contributed by atoms with E-state index in [2.05, 4.69) is 31.2 Å². The molecule has 0 unspecified atom stereocenters. The molecule has 154 valence electrons. The first-order valence-corrected chi connectivity index (χ1v) is 10.8. The van der Waals surface area contributed by atoms with Crippen molar-refractivity contribution in [2.45, 2.75) is 24.7 Å². The van der Waals surface area contributed by atoms with E-state index < -0.39 is 17.3 Å². The molecule has 2 bridgehead atoms. The predicted octanol–water partition coefficient (Wildman–Crippen LogP) is 4.66. The van der Waals surface area contributed by atoms with Gasteiger partial charge in [0.25, 0.3) is 0 Å². The molecule has 2 atom stereocenters. The Labute approximate surface area is 181 Å². The zero-order chi connectivity index (χ0) is 21.3. The van der Waals surface area contributed by atoms with Crippen molar-refractivity contribution in [1.82, 2.24) is 0 Å². The summed E-state index contributed by atoms with van der Waals surface area (Å²) in [6, 6.07) is 24.1. The van der Waals surface area contributed by atoms with Crippen molar-refractivity contribution in [2.75, 3.05) is 12.0 Å². The molecule has 0 saturated carbocycles. The molecule has 0 spiro atoms. The summed E-state index contributed by atoms with van der Waals surface area (Å²) in [5.74, 6) is -0.619. The molecule has 3 aliphatic carbocycles. The van der Waals surface area contributed by atoms with E-state index in [4.69, 9.17) is 4.74 Å². The molecule has 4 aliphatic rings. The molecule has 3 aromatic carbocycles. The maximum Gasteiger partial charge on any atom is 0.239 e. The van der Waals surface area contributed by atoms with E-state index in [-0.39, 0.29) is 17.7 Å². The average Bonchev–Trinajstić information content (AvgIpc) is 3.09. The molecule has 4 heteroatoms. The van der Waals surface area contributed by atoms with Crippen LogP contribution in [0.15, 0.2) is 72.8 Å². The summed E-state index contributed by atoms with van der Waals surface area (Å²) < 4.78 is 5.51. The highest BCUT2D eigenvalue weighted by Gasteiger charge is 2.67. The van der Waals surface area contributed by atoms with Gasteiger partial charge >= 0.3 is 0 Å². The third-order valence-electron chi connectivity index (χ3n) is 7.68. The van der Waals surface area contributed by atoms with E-state index in [1.54, 1.807) is 19.2 Å². The van der Waals surface area contributed by atoms with Crippen LogP contribution in [0.1, 0.15) is 41.5 Å². The number of amides is 2. The van der Waals surface area contributed by atoms with Crippen LogP contribution < -0.4 is 9.64 Å². The number of imide groups is 1. The van der Waals surface area contributed by atoms with E-state index >= 15 is 0 Å². The van der Waals surface area contributed by atoms with Gasteiger partial charge in [0.2, 0.25) is 11.8 Å². The Morgan fingerprint density at radius 2 is 1.42 bits per heavy atom. The van der Waals surface area contributed by atoms with Crippen molar-refractivity contribution in [3.63, 3.8) is 0 Å². The Bertz CT molecular complexity index is 1200. The molecule has 0 aromatic heterocycles. The highest BCUT2D eigenvalue weighted by molar-refractivity contribution is 6.24. The second kappa shape index (κ2) is 6.30. The molecule has 1 heterocycles.